The summed E-state index contributed by atoms with van der Waals surface area (Å²) in [5, 5.41) is 9.12. The zero-order chi connectivity index (χ0) is 14.5. The van der Waals surface area contributed by atoms with Gasteiger partial charge in [-0.1, -0.05) is 30.3 Å². The summed E-state index contributed by atoms with van der Waals surface area (Å²) in [6, 6.07) is 14.8. The first-order valence-electron chi connectivity index (χ1n) is 6.13. The lowest BCUT2D eigenvalue weighted by Crippen LogP contribution is -2.05. The number of carbonyl (C=O) groups excluding carboxylic acids is 1. The molecule has 0 atom stereocenters. The number of Topliss-reactive ketones (excluding diaryl/α,β-unsaturated/α-hetero) is 1. The fraction of sp³-hybridized carbons (Fsp3) is 0.125. The highest BCUT2D eigenvalue weighted by atomic mass is 16.5. The van der Waals surface area contributed by atoms with E-state index in [4.69, 9.17) is 15.7 Å². The Labute approximate surface area is 117 Å². The van der Waals surface area contributed by atoms with Crippen LogP contribution in [0.2, 0.25) is 0 Å². The number of ketones is 1. The van der Waals surface area contributed by atoms with E-state index in [0.717, 1.165) is 5.56 Å². The van der Waals surface area contributed by atoms with Gasteiger partial charge in [-0.05, 0) is 24.6 Å². The number of anilines is 1. The number of carbonyl (C=O) groups is 1. The highest BCUT2D eigenvalue weighted by molar-refractivity contribution is 5.98. The van der Waals surface area contributed by atoms with Crippen molar-refractivity contribution in [2.24, 2.45) is 0 Å². The third-order valence-electron chi connectivity index (χ3n) is 2.93. The number of hydrogen-bond acceptors (Lipinski definition) is 4. The number of rotatable bonds is 4. The Bertz CT molecular complexity index is 673. The van der Waals surface area contributed by atoms with Gasteiger partial charge in [0.05, 0.1) is 11.3 Å². The normalized spacial score (nSPS) is 9.80. The minimum absolute atomic E-state index is 0.170. The molecule has 0 unspecified atom stereocenters. The predicted molar refractivity (Wildman–Crippen MR) is 76.3 cm³/mol. The lowest BCUT2D eigenvalue weighted by Gasteiger charge is -2.11. The predicted octanol–water partition coefficient (Wildman–Crippen LogP) is 2.92. The van der Waals surface area contributed by atoms with Crippen molar-refractivity contribution in [3.8, 4) is 11.8 Å². The second kappa shape index (κ2) is 5.89. The maximum absolute atomic E-state index is 11.4. The Hall–Kier alpha value is -2.80. The van der Waals surface area contributed by atoms with Gasteiger partial charge in [0.15, 0.2) is 5.78 Å². The molecule has 0 saturated carbocycles. The molecule has 0 bridgehead atoms. The lowest BCUT2D eigenvalue weighted by molar-refractivity contribution is 0.101. The SMILES string of the molecule is CC(=O)c1ccc(OCc2ccccc2)c(N)c1C#N. The zero-order valence-corrected chi connectivity index (χ0v) is 11.1. The van der Waals surface area contributed by atoms with Crippen molar-refractivity contribution >= 4 is 11.5 Å². The van der Waals surface area contributed by atoms with Crippen LogP contribution in [-0.4, -0.2) is 5.78 Å². The van der Waals surface area contributed by atoms with E-state index in [9.17, 15) is 4.79 Å². The number of nitrogen functional groups attached to an aromatic ring is 1. The maximum Gasteiger partial charge on any atom is 0.161 e. The molecule has 0 aliphatic carbocycles. The van der Waals surface area contributed by atoms with Crippen LogP contribution in [0.5, 0.6) is 5.75 Å². The van der Waals surface area contributed by atoms with E-state index < -0.39 is 0 Å². The molecule has 20 heavy (non-hydrogen) atoms. The van der Waals surface area contributed by atoms with Crippen molar-refractivity contribution in [3.63, 3.8) is 0 Å². The topological polar surface area (TPSA) is 76.1 Å². The third kappa shape index (κ3) is 2.78. The van der Waals surface area contributed by atoms with E-state index in [2.05, 4.69) is 0 Å². The molecule has 2 aromatic rings. The van der Waals surface area contributed by atoms with E-state index in [-0.39, 0.29) is 17.0 Å². The third-order valence-corrected chi connectivity index (χ3v) is 2.93. The van der Waals surface area contributed by atoms with Gasteiger partial charge in [-0.2, -0.15) is 5.26 Å². The molecule has 2 N–H and O–H groups in total. The van der Waals surface area contributed by atoms with E-state index >= 15 is 0 Å². The van der Waals surface area contributed by atoms with Crippen LogP contribution in [-0.2, 0) is 6.61 Å². The van der Waals surface area contributed by atoms with Crippen LogP contribution in [0.1, 0.15) is 28.4 Å². The first kappa shape index (κ1) is 13.6. The van der Waals surface area contributed by atoms with Gasteiger partial charge in [0.1, 0.15) is 18.4 Å². The first-order valence-corrected chi connectivity index (χ1v) is 6.13. The van der Waals surface area contributed by atoms with Crippen LogP contribution in [0, 0.1) is 11.3 Å². The van der Waals surface area contributed by atoms with Crippen molar-refractivity contribution in [1.29, 1.82) is 5.26 Å². The van der Waals surface area contributed by atoms with Gasteiger partial charge in [-0.25, -0.2) is 0 Å². The summed E-state index contributed by atoms with van der Waals surface area (Å²) in [6.07, 6.45) is 0. The first-order chi connectivity index (χ1) is 9.63. The van der Waals surface area contributed by atoms with Gasteiger partial charge in [0, 0.05) is 5.56 Å². The highest BCUT2D eigenvalue weighted by Gasteiger charge is 2.14. The Morgan fingerprint density at radius 1 is 1.25 bits per heavy atom. The van der Waals surface area contributed by atoms with Crippen molar-refractivity contribution < 1.29 is 9.53 Å². The number of benzene rings is 2. The van der Waals surface area contributed by atoms with Crippen LogP contribution in [0.3, 0.4) is 0 Å². The smallest absolute Gasteiger partial charge is 0.161 e. The number of ether oxygens (including phenoxy) is 1. The van der Waals surface area contributed by atoms with Gasteiger partial charge < -0.3 is 10.5 Å². The van der Waals surface area contributed by atoms with Gasteiger partial charge in [-0.3, -0.25) is 4.79 Å². The summed E-state index contributed by atoms with van der Waals surface area (Å²) in [4.78, 5) is 11.4. The molecule has 100 valence electrons. The molecule has 2 aromatic carbocycles. The van der Waals surface area contributed by atoms with Crippen LogP contribution >= 0.6 is 0 Å². The highest BCUT2D eigenvalue weighted by Crippen LogP contribution is 2.28. The molecule has 0 saturated heterocycles. The minimum atomic E-state index is -0.192. The van der Waals surface area contributed by atoms with Gasteiger partial charge >= 0.3 is 0 Å². The molecule has 0 aromatic heterocycles. The monoisotopic (exact) mass is 266 g/mol. The van der Waals surface area contributed by atoms with Gasteiger partial charge in [-0.15, -0.1) is 0 Å². The van der Waals surface area contributed by atoms with Crippen molar-refractivity contribution in [1.82, 2.24) is 0 Å². The van der Waals surface area contributed by atoms with Crippen molar-refractivity contribution in [3.05, 3.63) is 59.2 Å². The van der Waals surface area contributed by atoms with Crippen LogP contribution in [0.25, 0.3) is 0 Å². The van der Waals surface area contributed by atoms with E-state index in [1.165, 1.54) is 6.92 Å². The van der Waals surface area contributed by atoms with Crippen molar-refractivity contribution in [2.45, 2.75) is 13.5 Å². The summed E-state index contributed by atoms with van der Waals surface area (Å²) in [7, 11) is 0. The molecule has 0 amide bonds. The Kier molecular flexibility index (Phi) is 4.02. The second-order valence-electron chi connectivity index (χ2n) is 4.34. The van der Waals surface area contributed by atoms with E-state index in [1.807, 2.05) is 36.4 Å². The van der Waals surface area contributed by atoms with E-state index in [0.29, 0.717) is 17.9 Å². The molecule has 4 heteroatoms. The van der Waals surface area contributed by atoms with Crippen molar-refractivity contribution in [2.75, 3.05) is 5.73 Å². The van der Waals surface area contributed by atoms with Crippen LogP contribution in [0.15, 0.2) is 42.5 Å². The Morgan fingerprint density at radius 3 is 2.55 bits per heavy atom. The average molecular weight is 266 g/mol. The number of hydrogen-bond donors (Lipinski definition) is 1. The summed E-state index contributed by atoms with van der Waals surface area (Å²) in [5.41, 5.74) is 7.59. The van der Waals surface area contributed by atoms with Crippen LogP contribution in [0.4, 0.5) is 5.69 Å². The molecule has 2 rings (SSSR count). The molecule has 0 spiro atoms. The summed E-state index contributed by atoms with van der Waals surface area (Å²) >= 11 is 0. The molecule has 0 radical (unpaired) electrons. The largest absolute Gasteiger partial charge is 0.487 e. The second-order valence-corrected chi connectivity index (χ2v) is 4.34. The zero-order valence-electron chi connectivity index (χ0n) is 11.1. The molecule has 0 fully saturated rings. The minimum Gasteiger partial charge on any atom is -0.487 e. The molecule has 0 aliphatic rings. The molecule has 0 aliphatic heterocycles. The maximum atomic E-state index is 11.4. The van der Waals surface area contributed by atoms with Crippen LogP contribution < -0.4 is 10.5 Å². The Balaban J connectivity index is 2.26. The fourth-order valence-electron chi connectivity index (χ4n) is 1.88. The molecule has 0 heterocycles. The van der Waals surface area contributed by atoms with Gasteiger partial charge in [0.2, 0.25) is 0 Å². The van der Waals surface area contributed by atoms with Gasteiger partial charge in [0.25, 0.3) is 0 Å². The number of nitrogens with two attached hydrogens (primary N) is 1. The number of nitrogens with zero attached hydrogens (tertiary/aromatic N) is 1. The summed E-state index contributed by atoms with van der Waals surface area (Å²) in [5.74, 6) is 0.221. The quantitative estimate of drug-likeness (QED) is 0.682. The molecular formula is C16H14N2O2. The summed E-state index contributed by atoms with van der Waals surface area (Å²) < 4.78 is 5.61. The standard InChI is InChI=1S/C16H14N2O2/c1-11(19)13-7-8-15(16(18)14(13)9-17)20-10-12-5-3-2-4-6-12/h2-8H,10,18H2,1H3. The Morgan fingerprint density at radius 2 is 1.95 bits per heavy atom. The molecule has 4 nitrogen and oxygen atoms in total. The number of nitriles is 1. The summed E-state index contributed by atoms with van der Waals surface area (Å²) in [6.45, 7) is 1.76. The fourth-order valence-corrected chi connectivity index (χ4v) is 1.88. The van der Waals surface area contributed by atoms with E-state index in [1.54, 1.807) is 12.1 Å². The molecular weight excluding hydrogens is 252 g/mol. The lowest BCUT2D eigenvalue weighted by atomic mass is 10.0. The average Bonchev–Trinajstić information content (AvgIpc) is 2.46.